The molecule has 0 aliphatic heterocycles. The first-order chi connectivity index (χ1) is 8.34. The summed E-state index contributed by atoms with van der Waals surface area (Å²) in [6.45, 7) is 3.08. The van der Waals surface area contributed by atoms with Crippen LogP contribution < -0.4 is 5.73 Å². The molecule has 0 saturated heterocycles. The average Bonchev–Trinajstić information content (AvgIpc) is 2.28. The van der Waals surface area contributed by atoms with Crippen LogP contribution in [0.2, 0.25) is 0 Å². The van der Waals surface area contributed by atoms with Crippen molar-refractivity contribution in [3.63, 3.8) is 0 Å². The summed E-state index contributed by atoms with van der Waals surface area (Å²) in [6.07, 6.45) is -3.45. The molecule has 0 heterocycles. The van der Waals surface area contributed by atoms with Gasteiger partial charge in [0.05, 0.1) is 5.56 Å². The Bertz CT molecular complexity index is 377. The van der Waals surface area contributed by atoms with Crippen LogP contribution in [0.3, 0.4) is 0 Å². The summed E-state index contributed by atoms with van der Waals surface area (Å²) in [4.78, 5) is 2.00. The number of alkyl halides is 3. The highest BCUT2D eigenvalue weighted by molar-refractivity contribution is 5.25. The van der Waals surface area contributed by atoms with E-state index in [-0.39, 0.29) is 6.04 Å². The summed E-state index contributed by atoms with van der Waals surface area (Å²) in [7, 11) is 1.89. The minimum Gasteiger partial charge on any atom is -0.330 e. The number of benzene rings is 1. The Labute approximate surface area is 106 Å². The molecular formula is C13H19F3N2. The van der Waals surface area contributed by atoms with E-state index >= 15 is 0 Å². The number of rotatable bonds is 5. The molecule has 1 rings (SSSR count). The smallest absolute Gasteiger partial charge is 0.330 e. The molecule has 1 unspecified atom stereocenters. The molecule has 0 aromatic heterocycles. The first-order valence-corrected chi connectivity index (χ1v) is 5.91. The quantitative estimate of drug-likeness (QED) is 0.882. The van der Waals surface area contributed by atoms with Crippen molar-refractivity contribution in [2.24, 2.45) is 5.73 Å². The van der Waals surface area contributed by atoms with Crippen molar-refractivity contribution in [1.29, 1.82) is 0 Å². The van der Waals surface area contributed by atoms with Gasteiger partial charge in [0.25, 0.3) is 0 Å². The maximum absolute atomic E-state index is 12.6. The van der Waals surface area contributed by atoms with E-state index in [9.17, 15) is 13.2 Å². The molecule has 0 spiro atoms. The van der Waals surface area contributed by atoms with Crippen molar-refractivity contribution in [3.05, 3.63) is 35.4 Å². The molecule has 2 nitrogen and oxygen atoms in total. The first-order valence-electron chi connectivity index (χ1n) is 5.91. The Kier molecular flexibility index (Phi) is 5.16. The molecule has 0 radical (unpaired) electrons. The maximum Gasteiger partial charge on any atom is 0.416 e. The summed E-state index contributed by atoms with van der Waals surface area (Å²) in [6, 6.07) is 5.70. The van der Waals surface area contributed by atoms with Crippen molar-refractivity contribution in [1.82, 2.24) is 4.90 Å². The molecule has 0 aliphatic rings. The van der Waals surface area contributed by atoms with Gasteiger partial charge in [0.1, 0.15) is 0 Å². The molecule has 0 amide bonds. The maximum atomic E-state index is 12.6. The van der Waals surface area contributed by atoms with Crippen LogP contribution in [0.15, 0.2) is 24.3 Å². The SMILES string of the molecule is CC(CCN)N(C)Cc1cccc(C(F)(F)F)c1. The van der Waals surface area contributed by atoms with Gasteiger partial charge in [-0.15, -0.1) is 0 Å². The summed E-state index contributed by atoms with van der Waals surface area (Å²) < 4.78 is 37.7. The molecule has 0 fully saturated rings. The predicted molar refractivity (Wildman–Crippen MR) is 66.0 cm³/mol. The lowest BCUT2D eigenvalue weighted by Crippen LogP contribution is -2.30. The van der Waals surface area contributed by atoms with Crippen molar-refractivity contribution in [3.8, 4) is 0 Å². The van der Waals surface area contributed by atoms with Gasteiger partial charge in [-0.25, -0.2) is 0 Å². The molecule has 102 valence electrons. The molecular weight excluding hydrogens is 241 g/mol. The van der Waals surface area contributed by atoms with Gasteiger partial charge in [0.2, 0.25) is 0 Å². The van der Waals surface area contributed by atoms with E-state index in [1.165, 1.54) is 12.1 Å². The zero-order valence-electron chi connectivity index (χ0n) is 10.7. The summed E-state index contributed by atoms with van der Waals surface area (Å²) in [5.74, 6) is 0. The minimum atomic E-state index is -4.28. The number of hydrogen-bond donors (Lipinski definition) is 1. The van der Waals surface area contributed by atoms with E-state index in [0.29, 0.717) is 18.7 Å². The summed E-state index contributed by atoms with van der Waals surface area (Å²) >= 11 is 0. The van der Waals surface area contributed by atoms with Gasteiger partial charge >= 0.3 is 6.18 Å². The third-order valence-corrected chi connectivity index (χ3v) is 3.02. The monoisotopic (exact) mass is 260 g/mol. The van der Waals surface area contributed by atoms with Crippen molar-refractivity contribution >= 4 is 0 Å². The largest absolute Gasteiger partial charge is 0.416 e. The molecule has 1 atom stereocenters. The highest BCUT2D eigenvalue weighted by atomic mass is 19.4. The second-order valence-electron chi connectivity index (χ2n) is 4.54. The van der Waals surface area contributed by atoms with E-state index in [1.807, 2.05) is 18.9 Å². The van der Waals surface area contributed by atoms with Gasteiger partial charge in [-0.1, -0.05) is 18.2 Å². The standard InChI is InChI=1S/C13H19F3N2/c1-10(6-7-17)18(2)9-11-4-3-5-12(8-11)13(14,15)16/h3-5,8,10H,6-7,9,17H2,1-2H3. The van der Waals surface area contributed by atoms with Gasteiger partial charge in [-0.05, 0) is 38.6 Å². The third kappa shape index (κ3) is 4.31. The van der Waals surface area contributed by atoms with Crippen LogP contribution in [0, 0.1) is 0 Å². The van der Waals surface area contributed by atoms with Crippen molar-refractivity contribution in [2.45, 2.75) is 32.1 Å². The lowest BCUT2D eigenvalue weighted by atomic mass is 10.1. The van der Waals surface area contributed by atoms with Gasteiger partial charge in [-0.2, -0.15) is 13.2 Å². The fraction of sp³-hybridized carbons (Fsp3) is 0.538. The van der Waals surface area contributed by atoms with Crippen LogP contribution in [-0.2, 0) is 12.7 Å². The van der Waals surface area contributed by atoms with E-state index in [2.05, 4.69) is 0 Å². The highest BCUT2D eigenvalue weighted by Gasteiger charge is 2.30. The number of nitrogens with zero attached hydrogens (tertiary/aromatic N) is 1. The second-order valence-corrected chi connectivity index (χ2v) is 4.54. The Hall–Kier alpha value is -1.07. The predicted octanol–water partition coefficient (Wildman–Crippen LogP) is 2.87. The number of hydrogen-bond acceptors (Lipinski definition) is 2. The molecule has 1 aromatic carbocycles. The van der Waals surface area contributed by atoms with Crippen molar-refractivity contribution in [2.75, 3.05) is 13.6 Å². The van der Waals surface area contributed by atoms with E-state index in [1.54, 1.807) is 6.07 Å². The Morgan fingerprint density at radius 3 is 2.56 bits per heavy atom. The van der Waals surface area contributed by atoms with Gasteiger partial charge in [0, 0.05) is 12.6 Å². The van der Waals surface area contributed by atoms with Crippen molar-refractivity contribution < 1.29 is 13.2 Å². The highest BCUT2D eigenvalue weighted by Crippen LogP contribution is 2.29. The Balaban J connectivity index is 2.73. The number of halogens is 3. The second kappa shape index (κ2) is 6.20. The van der Waals surface area contributed by atoms with Gasteiger partial charge < -0.3 is 5.73 Å². The average molecular weight is 260 g/mol. The van der Waals surface area contributed by atoms with Crippen LogP contribution in [-0.4, -0.2) is 24.5 Å². The molecule has 2 N–H and O–H groups in total. The van der Waals surface area contributed by atoms with Crippen LogP contribution in [0.4, 0.5) is 13.2 Å². The van der Waals surface area contributed by atoms with E-state index in [0.717, 1.165) is 12.5 Å². The summed E-state index contributed by atoms with van der Waals surface area (Å²) in [5, 5.41) is 0. The lowest BCUT2D eigenvalue weighted by molar-refractivity contribution is -0.137. The molecule has 1 aromatic rings. The van der Waals surface area contributed by atoms with Gasteiger partial charge in [-0.3, -0.25) is 4.90 Å². The molecule has 0 aliphatic carbocycles. The normalized spacial score (nSPS) is 13.9. The van der Waals surface area contributed by atoms with Gasteiger partial charge in [0.15, 0.2) is 0 Å². The minimum absolute atomic E-state index is 0.254. The zero-order chi connectivity index (χ0) is 13.8. The molecule has 0 bridgehead atoms. The van der Waals surface area contributed by atoms with Crippen LogP contribution in [0.5, 0.6) is 0 Å². The summed E-state index contributed by atoms with van der Waals surface area (Å²) in [5.41, 5.74) is 5.53. The fourth-order valence-electron chi connectivity index (χ4n) is 1.75. The number of nitrogens with two attached hydrogens (primary N) is 1. The Morgan fingerprint density at radius 1 is 1.33 bits per heavy atom. The first kappa shape index (κ1) is 15.0. The fourth-order valence-corrected chi connectivity index (χ4v) is 1.75. The third-order valence-electron chi connectivity index (χ3n) is 3.02. The van der Waals surface area contributed by atoms with Crippen LogP contribution in [0.25, 0.3) is 0 Å². The molecule has 0 saturated carbocycles. The van der Waals surface area contributed by atoms with Crippen LogP contribution >= 0.6 is 0 Å². The van der Waals surface area contributed by atoms with Crippen LogP contribution in [0.1, 0.15) is 24.5 Å². The molecule has 18 heavy (non-hydrogen) atoms. The lowest BCUT2D eigenvalue weighted by Gasteiger charge is -2.24. The van der Waals surface area contributed by atoms with E-state index < -0.39 is 11.7 Å². The Morgan fingerprint density at radius 2 is 2.00 bits per heavy atom. The molecule has 5 heteroatoms. The topological polar surface area (TPSA) is 29.3 Å². The van der Waals surface area contributed by atoms with E-state index in [4.69, 9.17) is 5.73 Å². The zero-order valence-corrected chi connectivity index (χ0v) is 10.7.